The number of hydrogen-bond donors (Lipinski definition) is 0. The molecule has 0 saturated carbocycles. The van der Waals surface area contributed by atoms with Crippen LogP contribution < -0.4 is 0 Å². The van der Waals surface area contributed by atoms with Gasteiger partial charge in [0.1, 0.15) is 0 Å². The minimum absolute atomic E-state index is 0.102. The molecule has 0 N–H and O–H groups in total. The number of carbonyl (C=O) groups is 2. The lowest BCUT2D eigenvalue weighted by Gasteiger charge is -2.26. The van der Waals surface area contributed by atoms with Crippen molar-refractivity contribution in [2.24, 2.45) is 16.3 Å². The lowest BCUT2D eigenvalue weighted by Crippen LogP contribution is -2.40. The van der Waals surface area contributed by atoms with Crippen LogP contribution in [0, 0.1) is 11.3 Å². The van der Waals surface area contributed by atoms with E-state index in [0.717, 1.165) is 0 Å². The van der Waals surface area contributed by atoms with Crippen LogP contribution in [0.3, 0.4) is 0 Å². The maximum atomic E-state index is 11.6. The van der Waals surface area contributed by atoms with Crippen LogP contribution in [0.25, 0.3) is 0 Å². The molecule has 98 valence electrons. The molecule has 0 heterocycles. The zero-order valence-corrected chi connectivity index (χ0v) is 11.3. The molecule has 0 amide bonds. The van der Waals surface area contributed by atoms with E-state index in [9.17, 15) is 9.59 Å². The summed E-state index contributed by atoms with van der Waals surface area (Å²) in [5, 5.41) is 0. The van der Waals surface area contributed by atoms with E-state index < -0.39 is 23.3 Å². The van der Waals surface area contributed by atoms with Crippen LogP contribution in [-0.4, -0.2) is 38.4 Å². The predicted octanol–water partition coefficient (Wildman–Crippen LogP) is 1.45. The maximum absolute atomic E-state index is 11.6. The molecule has 0 aromatic heterocycles. The topological polar surface area (TPSA) is 65.0 Å². The van der Waals surface area contributed by atoms with Gasteiger partial charge in [-0.15, -0.1) is 0 Å². The summed E-state index contributed by atoms with van der Waals surface area (Å²) in [6.07, 6.45) is 1.61. The number of carbonyl (C=O) groups excluding carboxylic acids is 2. The number of hydrogen-bond acceptors (Lipinski definition) is 5. The van der Waals surface area contributed by atoms with Crippen molar-refractivity contribution in [3.05, 3.63) is 0 Å². The quantitative estimate of drug-likeness (QED) is 0.416. The van der Waals surface area contributed by atoms with Crippen LogP contribution in [0.5, 0.6) is 0 Å². The van der Waals surface area contributed by atoms with E-state index in [1.807, 2.05) is 13.8 Å². The molecule has 0 unspecified atom stereocenters. The van der Waals surface area contributed by atoms with E-state index >= 15 is 0 Å². The zero-order valence-electron chi connectivity index (χ0n) is 11.3. The van der Waals surface area contributed by atoms with Crippen molar-refractivity contribution in [1.82, 2.24) is 0 Å². The minimum atomic E-state index is -1.00. The summed E-state index contributed by atoms with van der Waals surface area (Å²) < 4.78 is 9.25. The Bertz CT molecular complexity index is 292. The molecule has 0 saturated heterocycles. The Labute approximate surface area is 102 Å². The van der Waals surface area contributed by atoms with E-state index in [-0.39, 0.29) is 6.04 Å². The normalized spacial score (nSPS) is 12.2. The van der Waals surface area contributed by atoms with Crippen LogP contribution in [-0.2, 0) is 19.1 Å². The number of ether oxygens (including phenoxy) is 2. The fourth-order valence-electron chi connectivity index (χ4n) is 1.36. The first-order valence-electron chi connectivity index (χ1n) is 5.46. The van der Waals surface area contributed by atoms with Crippen LogP contribution in [0.15, 0.2) is 4.99 Å². The zero-order chi connectivity index (χ0) is 13.6. The van der Waals surface area contributed by atoms with Gasteiger partial charge in [-0.1, -0.05) is 13.8 Å². The highest BCUT2D eigenvalue weighted by molar-refractivity contribution is 5.99. The van der Waals surface area contributed by atoms with Crippen LogP contribution in [0.4, 0.5) is 0 Å². The van der Waals surface area contributed by atoms with Gasteiger partial charge in [0.25, 0.3) is 0 Å². The molecule has 0 rings (SSSR count). The third-order valence-electron chi connectivity index (χ3n) is 2.32. The predicted molar refractivity (Wildman–Crippen MR) is 64.9 cm³/mol. The van der Waals surface area contributed by atoms with E-state index in [1.54, 1.807) is 20.1 Å². The average Bonchev–Trinajstić information content (AvgIpc) is 2.25. The van der Waals surface area contributed by atoms with Crippen molar-refractivity contribution >= 4 is 18.2 Å². The molecule has 5 nitrogen and oxygen atoms in total. The first-order chi connectivity index (χ1) is 7.76. The Hall–Kier alpha value is -1.39. The van der Waals surface area contributed by atoms with Crippen molar-refractivity contribution < 1.29 is 19.1 Å². The minimum Gasteiger partial charge on any atom is -0.468 e. The first-order valence-corrected chi connectivity index (χ1v) is 5.46. The van der Waals surface area contributed by atoms with Crippen molar-refractivity contribution in [2.45, 2.75) is 33.7 Å². The summed E-state index contributed by atoms with van der Waals surface area (Å²) in [7, 11) is 2.49. The molecule has 0 aliphatic rings. The molecule has 0 aliphatic heterocycles. The van der Waals surface area contributed by atoms with Gasteiger partial charge >= 0.3 is 11.9 Å². The number of rotatable bonds is 5. The lowest BCUT2D eigenvalue weighted by molar-refractivity contribution is -0.162. The summed E-state index contributed by atoms with van der Waals surface area (Å²) in [6.45, 7) is 7.32. The number of esters is 2. The molecule has 0 atom stereocenters. The third-order valence-corrected chi connectivity index (χ3v) is 2.32. The van der Waals surface area contributed by atoms with E-state index in [2.05, 4.69) is 14.5 Å². The Kier molecular flexibility index (Phi) is 5.85. The van der Waals surface area contributed by atoms with Gasteiger partial charge in [-0.2, -0.15) is 0 Å². The molecule has 0 fully saturated rings. The molecule has 0 radical (unpaired) electrons. The van der Waals surface area contributed by atoms with Crippen molar-refractivity contribution in [3.63, 3.8) is 0 Å². The monoisotopic (exact) mass is 243 g/mol. The number of aliphatic imine (C=N–C) groups is 1. The number of methoxy groups -OCH3 is 2. The molecular weight excluding hydrogens is 222 g/mol. The smallest absolute Gasteiger partial charge is 0.320 e. The Balaban J connectivity index is 5.15. The first kappa shape index (κ1) is 15.6. The van der Waals surface area contributed by atoms with Crippen LogP contribution in [0.1, 0.15) is 27.7 Å². The number of nitrogens with zero attached hydrogens (tertiary/aromatic N) is 1. The Morgan fingerprint density at radius 3 is 1.82 bits per heavy atom. The van der Waals surface area contributed by atoms with E-state index in [1.165, 1.54) is 14.2 Å². The highest BCUT2D eigenvalue weighted by Crippen LogP contribution is 2.27. The summed E-state index contributed by atoms with van der Waals surface area (Å²) >= 11 is 0. The molecule has 0 aliphatic carbocycles. The second kappa shape index (κ2) is 6.37. The summed E-state index contributed by atoms with van der Waals surface area (Å²) in [6, 6.07) is 0.102. The van der Waals surface area contributed by atoms with Gasteiger partial charge in [-0.25, -0.2) is 0 Å². The summed E-state index contributed by atoms with van der Waals surface area (Å²) in [4.78, 5) is 27.4. The largest absolute Gasteiger partial charge is 0.468 e. The van der Waals surface area contributed by atoms with Gasteiger partial charge in [-0.3, -0.25) is 14.6 Å². The van der Waals surface area contributed by atoms with Gasteiger partial charge in [0.15, 0.2) is 5.92 Å². The van der Waals surface area contributed by atoms with Gasteiger partial charge in [0.2, 0.25) is 0 Å². The van der Waals surface area contributed by atoms with Gasteiger partial charge < -0.3 is 9.47 Å². The molecule has 0 aromatic carbocycles. The highest BCUT2D eigenvalue weighted by Gasteiger charge is 2.41. The lowest BCUT2D eigenvalue weighted by atomic mass is 9.79. The highest BCUT2D eigenvalue weighted by atomic mass is 16.5. The molecular formula is C12H21NO4. The summed E-state index contributed by atoms with van der Waals surface area (Å²) in [5.41, 5.74) is -0.746. The standard InChI is InChI=1S/C12H21NO4/c1-8(2)13-7-12(3,4)9(10(14)16-5)11(15)17-6/h7-9H,1-6H3. The van der Waals surface area contributed by atoms with Crippen molar-refractivity contribution in [2.75, 3.05) is 14.2 Å². The summed E-state index contributed by atoms with van der Waals surface area (Å²) in [5.74, 6) is -2.23. The second-order valence-electron chi connectivity index (χ2n) is 4.67. The maximum Gasteiger partial charge on any atom is 0.320 e. The molecule has 0 spiro atoms. The van der Waals surface area contributed by atoms with Crippen molar-refractivity contribution in [1.29, 1.82) is 0 Å². The fraction of sp³-hybridized carbons (Fsp3) is 0.750. The molecule has 5 heteroatoms. The molecule has 0 bridgehead atoms. The Morgan fingerprint density at radius 1 is 1.12 bits per heavy atom. The van der Waals surface area contributed by atoms with Crippen molar-refractivity contribution in [3.8, 4) is 0 Å². The van der Waals surface area contributed by atoms with E-state index in [0.29, 0.717) is 0 Å². The van der Waals surface area contributed by atoms with Gasteiger partial charge in [0, 0.05) is 17.7 Å². The van der Waals surface area contributed by atoms with Gasteiger partial charge in [0.05, 0.1) is 14.2 Å². The Morgan fingerprint density at radius 2 is 1.53 bits per heavy atom. The van der Waals surface area contributed by atoms with Gasteiger partial charge in [-0.05, 0) is 13.8 Å². The third kappa shape index (κ3) is 4.54. The van der Waals surface area contributed by atoms with Crippen LogP contribution in [0.2, 0.25) is 0 Å². The molecule has 17 heavy (non-hydrogen) atoms. The van der Waals surface area contributed by atoms with Crippen LogP contribution >= 0.6 is 0 Å². The second-order valence-corrected chi connectivity index (χ2v) is 4.67. The van der Waals surface area contributed by atoms with E-state index in [4.69, 9.17) is 0 Å². The average molecular weight is 243 g/mol. The SMILES string of the molecule is COC(=O)C(C(=O)OC)C(C)(C)C=NC(C)C. The molecule has 0 aromatic rings. The fourth-order valence-corrected chi connectivity index (χ4v) is 1.36.